The van der Waals surface area contributed by atoms with E-state index in [1.165, 1.54) is 11.3 Å². The van der Waals surface area contributed by atoms with E-state index in [9.17, 15) is 9.59 Å². The molecule has 0 bridgehead atoms. The van der Waals surface area contributed by atoms with E-state index in [1.807, 2.05) is 0 Å². The summed E-state index contributed by atoms with van der Waals surface area (Å²) < 4.78 is 10.1. The van der Waals surface area contributed by atoms with Gasteiger partial charge in [-0.25, -0.2) is 9.78 Å². The Morgan fingerprint density at radius 2 is 2.33 bits per heavy atom. The fourth-order valence-electron chi connectivity index (χ4n) is 1.75. The number of anilines is 2. The van der Waals surface area contributed by atoms with Crippen molar-refractivity contribution < 1.29 is 18.8 Å². The number of nitrogens with one attached hydrogen (secondary N) is 2. The second-order valence-corrected chi connectivity index (χ2v) is 5.68. The molecule has 0 saturated heterocycles. The highest BCUT2D eigenvalue weighted by molar-refractivity contribution is 7.13. The minimum absolute atomic E-state index is 0.148. The summed E-state index contributed by atoms with van der Waals surface area (Å²) in [7, 11) is 0. The summed E-state index contributed by atoms with van der Waals surface area (Å²) in [6.45, 7) is 7.58. The molecule has 0 radical (unpaired) electrons. The van der Waals surface area contributed by atoms with Gasteiger partial charge in [0.15, 0.2) is 22.7 Å². The summed E-state index contributed by atoms with van der Waals surface area (Å²) in [4.78, 5) is 28.4. The summed E-state index contributed by atoms with van der Waals surface area (Å²) >= 11 is 1.27. The third-order valence-electron chi connectivity index (χ3n) is 2.90. The van der Waals surface area contributed by atoms with Crippen molar-refractivity contribution in [2.45, 2.75) is 26.4 Å². The van der Waals surface area contributed by atoms with Gasteiger partial charge < -0.3 is 19.9 Å². The minimum Gasteiger partial charge on any atom is -0.448 e. The Morgan fingerprint density at radius 1 is 1.54 bits per heavy atom. The Balaban J connectivity index is 1.95. The molecular formula is C15H18N4O4S. The Morgan fingerprint density at radius 3 is 2.96 bits per heavy atom. The molecule has 2 aromatic heterocycles. The number of aromatic nitrogens is 2. The molecule has 0 spiro atoms. The number of amides is 1. The van der Waals surface area contributed by atoms with Crippen LogP contribution < -0.4 is 10.6 Å². The molecule has 9 heteroatoms. The Hall–Kier alpha value is -2.68. The normalized spacial score (nSPS) is 11.6. The van der Waals surface area contributed by atoms with Crippen LogP contribution in [0.5, 0.6) is 0 Å². The Labute approximate surface area is 142 Å². The molecule has 128 valence electrons. The summed E-state index contributed by atoms with van der Waals surface area (Å²) in [6.07, 6.45) is 1.06. The number of esters is 1. The number of hydrogen-bond donors (Lipinski definition) is 2. The zero-order valence-electron chi connectivity index (χ0n) is 13.4. The van der Waals surface area contributed by atoms with E-state index >= 15 is 0 Å². The highest BCUT2D eigenvalue weighted by Gasteiger charge is 2.24. The van der Waals surface area contributed by atoms with Crippen molar-refractivity contribution in [3.8, 4) is 0 Å². The van der Waals surface area contributed by atoms with Crippen LogP contribution in [0.3, 0.4) is 0 Å². The maximum atomic E-state index is 12.2. The average Bonchev–Trinajstić information content (AvgIpc) is 3.19. The van der Waals surface area contributed by atoms with Gasteiger partial charge >= 0.3 is 5.97 Å². The quantitative estimate of drug-likeness (QED) is 0.557. The van der Waals surface area contributed by atoms with Crippen molar-refractivity contribution in [3.63, 3.8) is 0 Å². The summed E-state index contributed by atoms with van der Waals surface area (Å²) in [5, 5.41) is 11.3. The summed E-state index contributed by atoms with van der Waals surface area (Å²) in [6, 6.07) is 1.57. The molecule has 0 aliphatic heterocycles. The lowest BCUT2D eigenvalue weighted by atomic mass is 10.2. The van der Waals surface area contributed by atoms with Crippen LogP contribution in [0, 0.1) is 6.92 Å². The maximum Gasteiger partial charge on any atom is 0.358 e. The molecule has 2 rings (SSSR count). The lowest BCUT2D eigenvalue weighted by Crippen LogP contribution is -2.32. The lowest BCUT2D eigenvalue weighted by Gasteiger charge is -2.14. The lowest BCUT2D eigenvalue weighted by molar-refractivity contribution is -0.124. The first-order valence-corrected chi connectivity index (χ1v) is 8.17. The van der Waals surface area contributed by atoms with E-state index in [4.69, 9.17) is 9.26 Å². The molecule has 1 atom stereocenters. The van der Waals surface area contributed by atoms with Crippen LogP contribution in [-0.4, -0.2) is 34.7 Å². The summed E-state index contributed by atoms with van der Waals surface area (Å²) in [5.74, 6) is -0.287. The van der Waals surface area contributed by atoms with Gasteiger partial charge in [-0.1, -0.05) is 18.2 Å². The first kappa shape index (κ1) is 17.7. The van der Waals surface area contributed by atoms with Crippen molar-refractivity contribution in [1.29, 1.82) is 0 Å². The van der Waals surface area contributed by atoms with E-state index in [1.54, 1.807) is 31.4 Å². The van der Waals surface area contributed by atoms with Gasteiger partial charge in [0, 0.05) is 18.0 Å². The van der Waals surface area contributed by atoms with Crippen LogP contribution in [0.2, 0.25) is 0 Å². The standard InChI is InChI=1S/C15H18N4O4S/c1-4-6-16-15-17-10(8-24-15)14(21)22-11(5-2)13(20)18-12-7-9(3)23-19-12/h4,7-8,11H,1,5-6H2,2-3H3,(H,16,17)(H,18,19,20). The van der Waals surface area contributed by atoms with Crippen molar-refractivity contribution in [3.05, 3.63) is 35.6 Å². The van der Waals surface area contributed by atoms with Gasteiger partial charge in [-0.3, -0.25) is 4.79 Å². The molecule has 8 nitrogen and oxygen atoms in total. The molecule has 1 unspecified atom stereocenters. The monoisotopic (exact) mass is 350 g/mol. The average molecular weight is 350 g/mol. The van der Waals surface area contributed by atoms with Gasteiger partial charge in [-0.05, 0) is 13.3 Å². The zero-order chi connectivity index (χ0) is 17.5. The largest absolute Gasteiger partial charge is 0.448 e. The highest BCUT2D eigenvalue weighted by atomic mass is 32.1. The Kier molecular flexibility index (Phi) is 6.07. The number of thiazole rings is 1. The first-order valence-electron chi connectivity index (χ1n) is 7.29. The molecule has 0 fully saturated rings. The first-order chi connectivity index (χ1) is 11.5. The van der Waals surface area contributed by atoms with E-state index in [0.29, 0.717) is 23.9 Å². The minimum atomic E-state index is -0.944. The van der Waals surface area contributed by atoms with Crippen LogP contribution in [0.4, 0.5) is 10.9 Å². The summed E-state index contributed by atoms with van der Waals surface area (Å²) in [5.41, 5.74) is 0.148. The van der Waals surface area contributed by atoms with E-state index < -0.39 is 18.0 Å². The van der Waals surface area contributed by atoms with Crippen molar-refractivity contribution in [1.82, 2.24) is 10.1 Å². The number of carbonyl (C=O) groups is 2. The van der Waals surface area contributed by atoms with Crippen LogP contribution in [0.1, 0.15) is 29.6 Å². The number of aryl methyl sites for hydroxylation is 1. The molecule has 1 amide bonds. The van der Waals surface area contributed by atoms with Gasteiger partial charge in [0.1, 0.15) is 5.76 Å². The number of carbonyl (C=O) groups excluding carboxylic acids is 2. The number of nitrogens with zero attached hydrogens (tertiary/aromatic N) is 2. The van der Waals surface area contributed by atoms with Crippen molar-refractivity contribution in [2.75, 3.05) is 17.2 Å². The van der Waals surface area contributed by atoms with Gasteiger partial charge in [-0.2, -0.15) is 0 Å². The van der Waals surface area contributed by atoms with Gasteiger partial charge in [0.05, 0.1) is 0 Å². The van der Waals surface area contributed by atoms with Crippen molar-refractivity contribution >= 4 is 34.2 Å². The van der Waals surface area contributed by atoms with Crippen molar-refractivity contribution in [2.24, 2.45) is 0 Å². The number of rotatable bonds is 8. The second-order valence-electron chi connectivity index (χ2n) is 4.82. The number of ether oxygens (including phenoxy) is 1. The van der Waals surface area contributed by atoms with Crippen LogP contribution in [0.15, 0.2) is 28.6 Å². The fourth-order valence-corrected chi connectivity index (χ4v) is 2.44. The molecular weight excluding hydrogens is 332 g/mol. The second kappa shape index (κ2) is 8.25. The van der Waals surface area contributed by atoms with E-state index in [0.717, 1.165) is 0 Å². The van der Waals surface area contributed by atoms with Gasteiger partial charge in [-0.15, -0.1) is 17.9 Å². The SMILES string of the molecule is C=CCNc1nc(C(=O)OC(CC)C(=O)Nc2cc(C)on2)cs1. The molecule has 0 saturated carbocycles. The van der Waals surface area contributed by atoms with Gasteiger partial charge in [0.2, 0.25) is 0 Å². The molecule has 2 N–H and O–H groups in total. The predicted molar refractivity (Wildman–Crippen MR) is 90.2 cm³/mol. The van der Waals surface area contributed by atoms with E-state index in [-0.39, 0.29) is 11.5 Å². The zero-order valence-corrected chi connectivity index (χ0v) is 14.2. The maximum absolute atomic E-state index is 12.2. The van der Waals surface area contributed by atoms with Gasteiger partial charge in [0.25, 0.3) is 5.91 Å². The molecule has 0 aliphatic rings. The predicted octanol–water partition coefficient (Wildman–Crippen LogP) is 2.61. The molecule has 0 aliphatic carbocycles. The molecule has 2 heterocycles. The smallest absolute Gasteiger partial charge is 0.358 e. The fraction of sp³-hybridized carbons (Fsp3) is 0.333. The third kappa shape index (κ3) is 4.66. The van der Waals surface area contributed by atoms with Crippen LogP contribution >= 0.6 is 11.3 Å². The topological polar surface area (TPSA) is 106 Å². The molecule has 2 aromatic rings. The van der Waals surface area contributed by atoms with Crippen LogP contribution in [-0.2, 0) is 9.53 Å². The Bertz CT molecular complexity index is 725. The van der Waals surface area contributed by atoms with E-state index in [2.05, 4.69) is 27.4 Å². The molecule has 24 heavy (non-hydrogen) atoms. The molecule has 0 aromatic carbocycles. The highest BCUT2D eigenvalue weighted by Crippen LogP contribution is 2.17. The van der Waals surface area contributed by atoms with Crippen LogP contribution in [0.25, 0.3) is 0 Å². The number of hydrogen-bond acceptors (Lipinski definition) is 8. The third-order valence-corrected chi connectivity index (χ3v) is 3.70.